The van der Waals surface area contributed by atoms with E-state index in [2.05, 4.69) is 0 Å². The van der Waals surface area contributed by atoms with Crippen molar-refractivity contribution < 1.29 is 9.90 Å². The Balaban J connectivity index is 2.68. The molecule has 1 heterocycles. The molecule has 0 aliphatic rings. The number of carbonyl (C=O) groups excluding carboxylic acids is 1. The molecule has 0 amide bonds. The number of anilines is 1. The predicted octanol–water partition coefficient (Wildman–Crippen LogP) is 0.847. The van der Waals surface area contributed by atoms with Gasteiger partial charge in [-0.2, -0.15) is 0 Å². The van der Waals surface area contributed by atoms with Crippen molar-refractivity contribution in [2.24, 2.45) is 0 Å². The van der Waals surface area contributed by atoms with Crippen LogP contribution in [0, 0.1) is 0 Å². The van der Waals surface area contributed by atoms with Crippen molar-refractivity contribution >= 4 is 33.1 Å². The molecule has 2 rings (SSSR count). The van der Waals surface area contributed by atoms with E-state index in [1.807, 2.05) is 6.07 Å². The Kier molecular flexibility index (Phi) is 1.70. The molecule has 66 valence electrons. The van der Waals surface area contributed by atoms with Crippen LogP contribution >= 0.6 is 11.3 Å². The van der Waals surface area contributed by atoms with Crippen LogP contribution in [0.4, 0.5) is 5.69 Å². The zero-order chi connectivity index (χ0) is 9.42. The molecule has 2 aromatic rings. The van der Waals surface area contributed by atoms with Crippen LogP contribution in [-0.2, 0) is 0 Å². The molecule has 4 heteroatoms. The van der Waals surface area contributed by atoms with E-state index in [0.717, 1.165) is 10.1 Å². The molecule has 1 aromatic carbocycles. The number of nitrogens with two attached hydrogens (primary N) is 1. The van der Waals surface area contributed by atoms with E-state index < -0.39 is 5.97 Å². The fraction of sp³-hybridized carbons (Fsp3) is 0. The number of carboxylic acid groups (broad SMARTS) is 1. The largest absolute Gasteiger partial charge is 0.544 e. The molecule has 0 saturated heterocycles. The van der Waals surface area contributed by atoms with Gasteiger partial charge >= 0.3 is 0 Å². The van der Waals surface area contributed by atoms with Crippen LogP contribution in [0.1, 0.15) is 9.67 Å². The molecular weight excluding hydrogens is 186 g/mol. The third-order valence-electron chi connectivity index (χ3n) is 1.74. The van der Waals surface area contributed by atoms with Gasteiger partial charge in [0.05, 0.1) is 10.8 Å². The molecule has 2 N–H and O–H groups in total. The second-order valence-corrected chi connectivity index (χ2v) is 3.78. The van der Waals surface area contributed by atoms with Crippen molar-refractivity contribution in [3.8, 4) is 0 Å². The molecule has 0 radical (unpaired) electrons. The van der Waals surface area contributed by atoms with E-state index in [-0.39, 0.29) is 4.88 Å². The number of aromatic carboxylic acids is 1. The first-order valence-electron chi connectivity index (χ1n) is 3.67. The Morgan fingerprint density at radius 2 is 2.15 bits per heavy atom. The normalized spacial score (nSPS) is 10.5. The Bertz CT molecular complexity index is 475. The summed E-state index contributed by atoms with van der Waals surface area (Å²) in [5.41, 5.74) is 6.19. The second-order valence-electron chi connectivity index (χ2n) is 2.70. The van der Waals surface area contributed by atoms with Gasteiger partial charge in [0.1, 0.15) is 0 Å². The van der Waals surface area contributed by atoms with Gasteiger partial charge in [-0.15, -0.1) is 11.3 Å². The van der Waals surface area contributed by atoms with Gasteiger partial charge in [0.15, 0.2) is 0 Å². The van der Waals surface area contributed by atoms with Crippen LogP contribution in [-0.4, -0.2) is 5.97 Å². The van der Waals surface area contributed by atoms with Crippen LogP contribution in [0.5, 0.6) is 0 Å². The van der Waals surface area contributed by atoms with Gasteiger partial charge in [-0.3, -0.25) is 0 Å². The van der Waals surface area contributed by atoms with Crippen molar-refractivity contribution in [3.63, 3.8) is 0 Å². The first kappa shape index (κ1) is 8.07. The fourth-order valence-corrected chi connectivity index (χ4v) is 2.04. The molecule has 3 nitrogen and oxygen atoms in total. The molecule has 0 aliphatic heterocycles. The second kappa shape index (κ2) is 2.74. The highest BCUT2D eigenvalue weighted by Gasteiger charge is 2.01. The zero-order valence-electron chi connectivity index (χ0n) is 6.61. The molecule has 13 heavy (non-hydrogen) atoms. The van der Waals surface area contributed by atoms with Gasteiger partial charge in [-0.05, 0) is 29.7 Å². The van der Waals surface area contributed by atoms with Gasteiger partial charge in [0, 0.05) is 10.4 Å². The maximum atomic E-state index is 10.5. The van der Waals surface area contributed by atoms with Crippen molar-refractivity contribution in [3.05, 3.63) is 29.1 Å². The highest BCUT2D eigenvalue weighted by Crippen LogP contribution is 2.26. The minimum absolute atomic E-state index is 0.237. The Morgan fingerprint density at radius 3 is 2.85 bits per heavy atom. The molecule has 0 spiro atoms. The van der Waals surface area contributed by atoms with Crippen LogP contribution in [0.15, 0.2) is 24.3 Å². The molecule has 0 unspecified atom stereocenters. The number of carbonyl (C=O) groups is 1. The van der Waals surface area contributed by atoms with Gasteiger partial charge in [-0.1, -0.05) is 0 Å². The van der Waals surface area contributed by atoms with Gasteiger partial charge in [0.25, 0.3) is 0 Å². The lowest BCUT2D eigenvalue weighted by molar-refractivity contribution is -0.254. The molecular formula is C9H6NO2S-. The van der Waals surface area contributed by atoms with Gasteiger partial charge in [0.2, 0.25) is 0 Å². The summed E-state index contributed by atoms with van der Waals surface area (Å²) < 4.78 is 0.911. The summed E-state index contributed by atoms with van der Waals surface area (Å²) in [7, 11) is 0. The summed E-state index contributed by atoms with van der Waals surface area (Å²) in [5, 5.41) is 11.4. The Hall–Kier alpha value is -1.55. The number of thiophene rings is 1. The molecule has 0 saturated carbocycles. The van der Waals surface area contributed by atoms with E-state index in [4.69, 9.17) is 5.73 Å². The lowest BCUT2D eigenvalue weighted by Crippen LogP contribution is -2.20. The van der Waals surface area contributed by atoms with Crippen LogP contribution < -0.4 is 10.8 Å². The van der Waals surface area contributed by atoms with Crippen LogP contribution in [0.25, 0.3) is 10.1 Å². The number of carboxylic acids is 1. The lowest BCUT2D eigenvalue weighted by Gasteiger charge is -1.92. The molecule has 1 aromatic heterocycles. The number of hydrogen-bond donors (Lipinski definition) is 1. The quantitative estimate of drug-likeness (QED) is 0.681. The maximum absolute atomic E-state index is 10.5. The summed E-state index contributed by atoms with van der Waals surface area (Å²) in [6.07, 6.45) is 0. The first-order chi connectivity index (χ1) is 6.16. The maximum Gasteiger partial charge on any atom is 0.0815 e. The standard InChI is InChI=1S/C9H7NO2S/c10-6-1-2-7-5(3-6)4-8(13-7)9(11)12/h1-4H,10H2,(H,11,12)/p-1. The topological polar surface area (TPSA) is 66.2 Å². The van der Waals surface area contributed by atoms with Gasteiger partial charge < -0.3 is 15.6 Å². The number of benzene rings is 1. The number of fused-ring (bicyclic) bond motifs is 1. The van der Waals surface area contributed by atoms with E-state index in [1.165, 1.54) is 11.3 Å². The highest BCUT2D eigenvalue weighted by molar-refractivity contribution is 7.20. The number of nitrogen functional groups attached to an aromatic ring is 1. The predicted molar refractivity (Wildman–Crippen MR) is 50.6 cm³/mol. The summed E-state index contributed by atoms with van der Waals surface area (Å²) in [6.45, 7) is 0. The fourth-order valence-electron chi connectivity index (χ4n) is 1.16. The Morgan fingerprint density at radius 1 is 1.38 bits per heavy atom. The van der Waals surface area contributed by atoms with Crippen molar-refractivity contribution in [2.75, 3.05) is 5.73 Å². The average Bonchev–Trinajstić information content (AvgIpc) is 2.46. The molecule has 0 aliphatic carbocycles. The zero-order valence-corrected chi connectivity index (χ0v) is 7.43. The van der Waals surface area contributed by atoms with Crippen molar-refractivity contribution in [1.82, 2.24) is 0 Å². The summed E-state index contributed by atoms with van der Waals surface area (Å²) in [5.74, 6) is -1.14. The summed E-state index contributed by atoms with van der Waals surface area (Å²) >= 11 is 1.20. The van der Waals surface area contributed by atoms with Crippen molar-refractivity contribution in [1.29, 1.82) is 0 Å². The van der Waals surface area contributed by atoms with Crippen LogP contribution in [0.2, 0.25) is 0 Å². The molecule has 0 bridgehead atoms. The minimum Gasteiger partial charge on any atom is -0.544 e. The van der Waals surface area contributed by atoms with E-state index in [1.54, 1.807) is 18.2 Å². The van der Waals surface area contributed by atoms with E-state index in [0.29, 0.717) is 5.69 Å². The summed E-state index contributed by atoms with van der Waals surface area (Å²) in [4.78, 5) is 10.8. The number of rotatable bonds is 1. The SMILES string of the molecule is Nc1ccc2sc(C(=O)[O-])cc2c1. The third kappa shape index (κ3) is 1.36. The molecule has 0 atom stereocenters. The van der Waals surface area contributed by atoms with Crippen LogP contribution in [0.3, 0.4) is 0 Å². The summed E-state index contributed by atoms with van der Waals surface area (Å²) in [6, 6.07) is 6.88. The average molecular weight is 192 g/mol. The monoisotopic (exact) mass is 192 g/mol. The third-order valence-corrected chi connectivity index (χ3v) is 2.84. The Labute approximate surface area is 78.4 Å². The highest BCUT2D eigenvalue weighted by atomic mass is 32.1. The van der Waals surface area contributed by atoms with E-state index in [9.17, 15) is 9.90 Å². The van der Waals surface area contributed by atoms with Gasteiger partial charge in [-0.25, -0.2) is 0 Å². The van der Waals surface area contributed by atoms with Crippen molar-refractivity contribution in [2.45, 2.75) is 0 Å². The number of hydrogen-bond acceptors (Lipinski definition) is 4. The molecule has 0 fully saturated rings. The minimum atomic E-state index is -1.14. The smallest absolute Gasteiger partial charge is 0.0815 e. The first-order valence-corrected chi connectivity index (χ1v) is 4.49. The lowest BCUT2D eigenvalue weighted by atomic mass is 10.2. The van der Waals surface area contributed by atoms with E-state index >= 15 is 0 Å².